The lowest BCUT2D eigenvalue weighted by Crippen LogP contribution is -2.51. The van der Waals surface area contributed by atoms with Crippen molar-refractivity contribution in [3.05, 3.63) is 34.9 Å². The standard InChI is InChI=1S/C16H25NO/c1-4-14-11-17-9-8-16(14,18)10-15-12(2)6-5-7-13(15)3/h5-7,14,17-18H,4,8-11H2,1-3H3. The van der Waals surface area contributed by atoms with Crippen LogP contribution < -0.4 is 5.32 Å². The Morgan fingerprint density at radius 3 is 2.61 bits per heavy atom. The molecular weight excluding hydrogens is 222 g/mol. The first-order chi connectivity index (χ1) is 8.57. The van der Waals surface area contributed by atoms with Gasteiger partial charge >= 0.3 is 0 Å². The Hall–Kier alpha value is -0.860. The summed E-state index contributed by atoms with van der Waals surface area (Å²) >= 11 is 0. The van der Waals surface area contributed by atoms with Crippen molar-refractivity contribution in [2.75, 3.05) is 13.1 Å². The van der Waals surface area contributed by atoms with Gasteiger partial charge in [-0.15, -0.1) is 0 Å². The minimum absolute atomic E-state index is 0.366. The van der Waals surface area contributed by atoms with Crippen LogP contribution in [0.2, 0.25) is 0 Å². The van der Waals surface area contributed by atoms with Crippen molar-refractivity contribution in [2.45, 2.75) is 45.6 Å². The number of aryl methyl sites for hydroxylation is 2. The van der Waals surface area contributed by atoms with E-state index in [0.717, 1.165) is 32.4 Å². The van der Waals surface area contributed by atoms with Gasteiger partial charge in [0, 0.05) is 18.9 Å². The van der Waals surface area contributed by atoms with Crippen molar-refractivity contribution >= 4 is 0 Å². The van der Waals surface area contributed by atoms with Gasteiger partial charge in [-0.3, -0.25) is 0 Å². The molecule has 100 valence electrons. The largest absolute Gasteiger partial charge is 0.389 e. The number of hydrogen-bond donors (Lipinski definition) is 2. The molecule has 2 rings (SSSR count). The molecule has 1 heterocycles. The van der Waals surface area contributed by atoms with Crippen molar-refractivity contribution in [1.82, 2.24) is 5.32 Å². The first kappa shape index (κ1) is 13.6. The first-order valence-electron chi connectivity index (χ1n) is 7.05. The predicted molar refractivity (Wildman–Crippen MR) is 75.8 cm³/mol. The Bertz CT molecular complexity index is 395. The van der Waals surface area contributed by atoms with Crippen LogP contribution in [-0.4, -0.2) is 23.8 Å². The van der Waals surface area contributed by atoms with E-state index in [1.54, 1.807) is 0 Å². The van der Waals surface area contributed by atoms with Crippen LogP contribution in [0.25, 0.3) is 0 Å². The Balaban J connectivity index is 2.25. The second kappa shape index (κ2) is 5.41. The Morgan fingerprint density at radius 2 is 2.00 bits per heavy atom. The number of aliphatic hydroxyl groups is 1. The third kappa shape index (κ3) is 2.60. The zero-order valence-electron chi connectivity index (χ0n) is 11.8. The van der Waals surface area contributed by atoms with E-state index >= 15 is 0 Å². The second-order valence-electron chi connectivity index (χ2n) is 5.71. The van der Waals surface area contributed by atoms with Gasteiger partial charge in [0.25, 0.3) is 0 Å². The molecule has 1 aromatic carbocycles. The van der Waals surface area contributed by atoms with Gasteiger partial charge in [-0.1, -0.05) is 25.1 Å². The average Bonchev–Trinajstić information content (AvgIpc) is 2.35. The highest BCUT2D eigenvalue weighted by molar-refractivity contribution is 5.35. The first-order valence-corrected chi connectivity index (χ1v) is 7.05. The van der Waals surface area contributed by atoms with Crippen LogP contribution >= 0.6 is 0 Å². The van der Waals surface area contributed by atoms with Gasteiger partial charge in [-0.25, -0.2) is 0 Å². The molecular formula is C16H25NO. The molecule has 2 heteroatoms. The third-order valence-electron chi connectivity index (χ3n) is 4.51. The summed E-state index contributed by atoms with van der Waals surface area (Å²) in [5.74, 6) is 0.366. The topological polar surface area (TPSA) is 32.3 Å². The summed E-state index contributed by atoms with van der Waals surface area (Å²) in [4.78, 5) is 0. The van der Waals surface area contributed by atoms with Gasteiger partial charge in [0.15, 0.2) is 0 Å². The molecule has 0 spiro atoms. The monoisotopic (exact) mass is 247 g/mol. The molecule has 2 atom stereocenters. The molecule has 0 aliphatic carbocycles. The van der Waals surface area contributed by atoms with E-state index in [0.29, 0.717) is 5.92 Å². The smallest absolute Gasteiger partial charge is 0.0740 e. The fraction of sp³-hybridized carbons (Fsp3) is 0.625. The lowest BCUT2D eigenvalue weighted by Gasteiger charge is -2.41. The lowest BCUT2D eigenvalue weighted by atomic mass is 9.75. The summed E-state index contributed by atoms with van der Waals surface area (Å²) in [5.41, 5.74) is 3.41. The number of nitrogens with one attached hydrogen (secondary N) is 1. The molecule has 0 saturated carbocycles. The van der Waals surface area contributed by atoms with Crippen LogP contribution in [0.3, 0.4) is 0 Å². The molecule has 2 nitrogen and oxygen atoms in total. The summed E-state index contributed by atoms with van der Waals surface area (Å²) in [6, 6.07) is 6.39. The van der Waals surface area contributed by atoms with Crippen molar-refractivity contribution < 1.29 is 5.11 Å². The van der Waals surface area contributed by atoms with Crippen LogP contribution in [0, 0.1) is 19.8 Å². The summed E-state index contributed by atoms with van der Waals surface area (Å²) in [7, 11) is 0. The van der Waals surface area contributed by atoms with E-state index in [2.05, 4.69) is 44.3 Å². The number of hydrogen-bond acceptors (Lipinski definition) is 2. The maximum Gasteiger partial charge on any atom is 0.0740 e. The quantitative estimate of drug-likeness (QED) is 0.860. The molecule has 1 aliphatic rings. The fourth-order valence-corrected chi connectivity index (χ4v) is 3.17. The second-order valence-corrected chi connectivity index (χ2v) is 5.71. The van der Waals surface area contributed by atoms with E-state index in [1.807, 2.05) is 0 Å². The molecule has 0 amide bonds. The maximum atomic E-state index is 11.0. The zero-order valence-corrected chi connectivity index (χ0v) is 11.8. The summed E-state index contributed by atoms with van der Waals surface area (Å²) in [6.45, 7) is 8.34. The third-order valence-corrected chi connectivity index (χ3v) is 4.51. The number of piperidine rings is 1. The minimum atomic E-state index is -0.531. The summed E-state index contributed by atoms with van der Waals surface area (Å²) in [6.07, 6.45) is 2.69. The average molecular weight is 247 g/mol. The summed E-state index contributed by atoms with van der Waals surface area (Å²) < 4.78 is 0. The van der Waals surface area contributed by atoms with E-state index in [9.17, 15) is 5.11 Å². The van der Waals surface area contributed by atoms with Crippen LogP contribution in [0.5, 0.6) is 0 Å². The minimum Gasteiger partial charge on any atom is -0.389 e. The normalized spacial score (nSPS) is 28.3. The summed E-state index contributed by atoms with van der Waals surface area (Å²) in [5, 5.41) is 14.4. The van der Waals surface area contributed by atoms with Gasteiger partial charge in [0.05, 0.1) is 5.60 Å². The van der Waals surface area contributed by atoms with Crippen molar-refractivity contribution in [3.8, 4) is 0 Å². The molecule has 1 saturated heterocycles. The fourth-order valence-electron chi connectivity index (χ4n) is 3.17. The molecule has 2 N–H and O–H groups in total. The number of benzene rings is 1. The maximum absolute atomic E-state index is 11.0. The number of rotatable bonds is 3. The highest BCUT2D eigenvalue weighted by Crippen LogP contribution is 2.32. The van der Waals surface area contributed by atoms with Crippen LogP contribution in [0.15, 0.2) is 18.2 Å². The zero-order chi connectivity index (χ0) is 13.2. The molecule has 18 heavy (non-hydrogen) atoms. The van der Waals surface area contributed by atoms with E-state index in [1.165, 1.54) is 16.7 Å². The molecule has 1 aliphatic heterocycles. The van der Waals surface area contributed by atoms with Crippen molar-refractivity contribution in [3.63, 3.8) is 0 Å². The van der Waals surface area contributed by atoms with Gasteiger partial charge in [-0.05, 0) is 49.9 Å². The molecule has 0 bridgehead atoms. The highest BCUT2D eigenvalue weighted by Gasteiger charge is 2.38. The molecule has 1 aromatic rings. The van der Waals surface area contributed by atoms with Gasteiger partial charge in [-0.2, -0.15) is 0 Å². The van der Waals surface area contributed by atoms with E-state index in [4.69, 9.17) is 0 Å². The molecule has 0 aromatic heterocycles. The lowest BCUT2D eigenvalue weighted by molar-refractivity contribution is -0.0416. The van der Waals surface area contributed by atoms with E-state index < -0.39 is 5.60 Å². The predicted octanol–water partition coefficient (Wildman–Crippen LogP) is 2.60. The Kier molecular flexibility index (Phi) is 4.08. The molecule has 1 fully saturated rings. The van der Waals surface area contributed by atoms with Gasteiger partial charge in [0.2, 0.25) is 0 Å². The van der Waals surface area contributed by atoms with Gasteiger partial charge < -0.3 is 10.4 Å². The van der Waals surface area contributed by atoms with Crippen LogP contribution in [0.4, 0.5) is 0 Å². The van der Waals surface area contributed by atoms with Crippen molar-refractivity contribution in [2.24, 2.45) is 5.92 Å². The van der Waals surface area contributed by atoms with Crippen LogP contribution in [0.1, 0.15) is 36.5 Å². The molecule has 2 unspecified atom stereocenters. The molecule has 0 radical (unpaired) electrons. The van der Waals surface area contributed by atoms with Crippen LogP contribution in [-0.2, 0) is 6.42 Å². The van der Waals surface area contributed by atoms with Crippen molar-refractivity contribution in [1.29, 1.82) is 0 Å². The Labute approximate surface area is 110 Å². The van der Waals surface area contributed by atoms with E-state index in [-0.39, 0.29) is 0 Å². The Morgan fingerprint density at radius 1 is 1.33 bits per heavy atom. The SMILES string of the molecule is CCC1CNCCC1(O)Cc1c(C)cccc1C. The highest BCUT2D eigenvalue weighted by atomic mass is 16.3. The van der Waals surface area contributed by atoms with Gasteiger partial charge in [0.1, 0.15) is 0 Å².